The zero-order valence-electron chi connectivity index (χ0n) is 11.8. The van der Waals surface area contributed by atoms with Crippen LogP contribution in [0.1, 0.15) is 5.56 Å². The zero-order chi connectivity index (χ0) is 15.9. The quantitative estimate of drug-likeness (QED) is 0.405. The largest absolute Gasteiger partial charge is 0.497 e. The van der Waals surface area contributed by atoms with Crippen molar-refractivity contribution in [1.82, 2.24) is 9.88 Å². The number of H-pyrrole nitrogens is 1. The molecule has 0 bridgehead atoms. The summed E-state index contributed by atoms with van der Waals surface area (Å²) in [6, 6.07) is 5.33. The molecular weight excluding hydrogens is 286 g/mol. The van der Waals surface area contributed by atoms with Crippen LogP contribution in [0.15, 0.2) is 35.2 Å². The lowest BCUT2D eigenvalue weighted by Gasteiger charge is -2.06. The van der Waals surface area contributed by atoms with Gasteiger partial charge in [0, 0.05) is 34.6 Å². The summed E-state index contributed by atoms with van der Waals surface area (Å²) in [5.41, 5.74) is 9.81. The number of amides is 2. The highest BCUT2D eigenvalue weighted by molar-refractivity contribution is 6.37. The van der Waals surface area contributed by atoms with Crippen molar-refractivity contribution in [1.29, 1.82) is 0 Å². The summed E-state index contributed by atoms with van der Waals surface area (Å²) in [6.45, 7) is 0. The number of methoxy groups -OCH3 is 1. The molecule has 2 heterocycles. The summed E-state index contributed by atoms with van der Waals surface area (Å²) in [4.78, 5) is 30.9. The molecule has 110 valence electrons. The normalized spacial score (nSPS) is 14.7. The highest BCUT2D eigenvalue weighted by Crippen LogP contribution is 2.35. The maximum atomic E-state index is 12.3. The van der Waals surface area contributed by atoms with Gasteiger partial charge in [-0.2, -0.15) is 0 Å². The van der Waals surface area contributed by atoms with E-state index in [4.69, 9.17) is 10.3 Å². The number of fused-ring (bicyclic) bond motifs is 1. The summed E-state index contributed by atoms with van der Waals surface area (Å²) in [6.07, 6.45) is 1.61. The van der Waals surface area contributed by atoms with Crippen LogP contribution in [-0.2, 0) is 9.59 Å². The molecule has 0 unspecified atom stereocenters. The van der Waals surface area contributed by atoms with E-state index in [1.807, 2.05) is 0 Å². The average molecular weight is 297 g/mol. The lowest BCUT2D eigenvalue weighted by Crippen LogP contribution is -2.26. The fourth-order valence-electron chi connectivity index (χ4n) is 2.44. The second-order valence-corrected chi connectivity index (χ2v) is 4.70. The molecular formula is C14H11N5O3. The Bertz CT molecular complexity index is 889. The van der Waals surface area contributed by atoms with Crippen molar-refractivity contribution in [3.63, 3.8) is 0 Å². The van der Waals surface area contributed by atoms with Crippen LogP contribution in [0.4, 0.5) is 0 Å². The van der Waals surface area contributed by atoms with Gasteiger partial charge in [0.15, 0.2) is 0 Å². The number of ether oxygens (including phenoxy) is 1. The molecule has 2 amide bonds. The summed E-state index contributed by atoms with van der Waals surface area (Å²) < 4.78 is 5.18. The monoisotopic (exact) mass is 297 g/mol. The predicted octanol–water partition coefficient (Wildman–Crippen LogP) is 2.20. The molecule has 3 rings (SSSR count). The van der Waals surface area contributed by atoms with E-state index < -0.39 is 11.8 Å². The number of hydrogen-bond donors (Lipinski definition) is 1. The number of carbonyl (C=O) groups is 2. The van der Waals surface area contributed by atoms with Gasteiger partial charge in [-0.25, -0.2) is 0 Å². The fraction of sp³-hybridized carbons (Fsp3) is 0.143. The predicted molar refractivity (Wildman–Crippen MR) is 78.7 cm³/mol. The smallest absolute Gasteiger partial charge is 0.263 e. The number of hydrogen-bond acceptors (Lipinski definition) is 4. The Balaban J connectivity index is 2.31. The van der Waals surface area contributed by atoms with Crippen molar-refractivity contribution < 1.29 is 14.3 Å². The molecule has 1 N–H and O–H groups in total. The molecule has 0 saturated carbocycles. The Labute approximate surface area is 124 Å². The van der Waals surface area contributed by atoms with E-state index in [-0.39, 0.29) is 11.3 Å². The van der Waals surface area contributed by atoms with E-state index in [9.17, 15) is 9.59 Å². The van der Waals surface area contributed by atoms with Crippen molar-refractivity contribution in [2.45, 2.75) is 0 Å². The first-order valence-corrected chi connectivity index (χ1v) is 6.35. The molecule has 0 spiro atoms. The molecule has 1 aliphatic heterocycles. The van der Waals surface area contributed by atoms with E-state index in [2.05, 4.69) is 15.0 Å². The van der Waals surface area contributed by atoms with E-state index in [1.165, 1.54) is 14.2 Å². The third kappa shape index (κ3) is 1.82. The molecule has 22 heavy (non-hydrogen) atoms. The van der Waals surface area contributed by atoms with Crippen molar-refractivity contribution in [2.75, 3.05) is 14.2 Å². The minimum atomic E-state index is -0.616. The van der Waals surface area contributed by atoms with Crippen LogP contribution < -0.4 is 4.74 Å². The SMILES string of the molecule is COc1ccc2[nH]cc(C3=C(N=[N+]=[N-])C(=O)N(C)C3=O)c2c1. The number of carbonyl (C=O) groups excluding carboxylic acids is 2. The number of nitrogens with one attached hydrogen (secondary N) is 1. The highest BCUT2D eigenvalue weighted by atomic mass is 16.5. The van der Waals surface area contributed by atoms with Gasteiger partial charge in [0.25, 0.3) is 11.8 Å². The third-order valence-electron chi connectivity index (χ3n) is 3.57. The average Bonchev–Trinajstić information content (AvgIpc) is 3.03. The van der Waals surface area contributed by atoms with Gasteiger partial charge in [-0.1, -0.05) is 5.11 Å². The first-order valence-electron chi connectivity index (χ1n) is 6.35. The van der Waals surface area contributed by atoms with E-state index in [0.717, 1.165) is 10.4 Å². The first kappa shape index (κ1) is 13.7. The van der Waals surface area contributed by atoms with Gasteiger partial charge in [0.2, 0.25) is 0 Å². The number of rotatable bonds is 3. The molecule has 1 aromatic carbocycles. The maximum absolute atomic E-state index is 12.3. The first-order chi connectivity index (χ1) is 10.6. The molecule has 1 aromatic heterocycles. The van der Waals surface area contributed by atoms with Gasteiger partial charge in [0.1, 0.15) is 11.4 Å². The second-order valence-electron chi connectivity index (χ2n) is 4.70. The fourth-order valence-corrected chi connectivity index (χ4v) is 2.44. The molecule has 0 radical (unpaired) electrons. The van der Waals surface area contributed by atoms with Crippen molar-refractivity contribution in [2.24, 2.45) is 5.11 Å². The van der Waals surface area contributed by atoms with Gasteiger partial charge >= 0.3 is 0 Å². The molecule has 8 nitrogen and oxygen atoms in total. The van der Waals surface area contributed by atoms with Crippen LogP contribution in [0.3, 0.4) is 0 Å². The molecule has 8 heteroatoms. The van der Waals surface area contributed by atoms with Gasteiger partial charge in [-0.15, -0.1) is 0 Å². The number of benzene rings is 1. The highest BCUT2D eigenvalue weighted by Gasteiger charge is 2.36. The molecule has 2 aromatic rings. The van der Waals surface area contributed by atoms with Crippen LogP contribution >= 0.6 is 0 Å². The number of aromatic amines is 1. The maximum Gasteiger partial charge on any atom is 0.263 e. The number of nitrogens with zero attached hydrogens (tertiary/aromatic N) is 4. The molecule has 0 aliphatic carbocycles. The van der Waals surface area contributed by atoms with Crippen LogP contribution in [0.2, 0.25) is 0 Å². The van der Waals surface area contributed by atoms with Crippen molar-refractivity contribution in [3.05, 3.63) is 46.1 Å². The summed E-state index contributed by atoms with van der Waals surface area (Å²) in [5.74, 6) is -0.504. The van der Waals surface area contributed by atoms with E-state index >= 15 is 0 Å². The lowest BCUT2D eigenvalue weighted by molar-refractivity contribution is -0.135. The molecule has 0 atom stereocenters. The second kappa shape index (κ2) is 4.94. The summed E-state index contributed by atoms with van der Waals surface area (Å²) in [7, 11) is 2.89. The molecule has 1 aliphatic rings. The Kier molecular flexibility index (Phi) is 3.08. The minimum Gasteiger partial charge on any atom is -0.497 e. The Hall–Kier alpha value is -3.25. The standard InChI is InChI=1S/C14H11N5O3/c1-19-13(20)11(12(14(19)21)17-18-15)9-6-16-10-4-3-7(22-2)5-8(9)10/h3-6,16H,1-2H3. The van der Waals surface area contributed by atoms with Crippen LogP contribution in [-0.4, -0.2) is 35.9 Å². The molecule has 0 saturated heterocycles. The Morgan fingerprint density at radius 3 is 2.77 bits per heavy atom. The van der Waals surface area contributed by atoms with Crippen molar-refractivity contribution in [3.8, 4) is 5.75 Å². The van der Waals surface area contributed by atoms with Gasteiger partial charge in [-0.3, -0.25) is 14.5 Å². The number of azide groups is 1. The van der Waals surface area contributed by atoms with E-state index in [1.54, 1.807) is 24.4 Å². The Morgan fingerprint density at radius 2 is 2.09 bits per heavy atom. The summed E-state index contributed by atoms with van der Waals surface area (Å²) >= 11 is 0. The number of imide groups is 1. The zero-order valence-corrected chi connectivity index (χ0v) is 11.8. The van der Waals surface area contributed by atoms with E-state index in [0.29, 0.717) is 16.7 Å². The van der Waals surface area contributed by atoms with Crippen LogP contribution in [0.25, 0.3) is 26.9 Å². The van der Waals surface area contributed by atoms with Gasteiger partial charge in [-0.05, 0) is 23.7 Å². The van der Waals surface area contributed by atoms with Crippen LogP contribution in [0.5, 0.6) is 5.75 Å². The Morgan fingerprint density at radius 1 is 1.32 bits per heavy atom. The minimum absolute atomic E-state index is 0.0878. The summed E-state index contributed by atoms with van der Waals surface area (Å²) in [5, 5.41) is 4.10. The molecule has 0 fully saturated rings. The van der Waals surface area contributed by atoms with Gasteiger partial charge < -0.3 is 9.72 Å². The van der Waals surface area contributed by atoms with Gasteiger partial charge in [0.05, 0.1) is 12.7 Å². The number of likely N-dealkylation sites (N-methyl/N-ethyl adjacent to an activating group) is 1. The lowest BCUT2D eigenvalue weighted by atomic mass is 10.0. The van der Waals surface area contributed by atoms with Crippen LogP contribution in [0, 0.1) is 0 Å². The third-order valence-corrected chi connectivity index (χ3v) is 3.57. The number of aromatic nitrogens is 1. The topological polar surface area (TPSA) is 111 Å². The van der Waals surface area contributed by atoms with Crippen molar-refractivity contribution >= 4 is 28.3 Å².